The molecular formula is C17H17Cl2FN2O3S. The van der Waals surface area contributed by atoms with Crippen molar-refractivity contribution in [2.24, 2.45) is 0 Å². The quantitative estimate of drug-likeness (QED) is 0.608. The lowest BCUT2D eigenvalue weighted by molar-refractivity contribution is 0.102. The van der Waals surface area contributed by atoms with Crippen molar-refractivity contribution < 1.29 is 18.3 Å². The van der Waals surface area contributed by atoms with Crippen molar-refractivity contribution in [2.75, 3.05) is 21.9 Å². The molecule has 0 spiro atoms. The Morgan fingerprint density at radius 3 is 2.58 bits per heavy atom. The number of benzene rings is 2. The summed E-state index contributed by atoms with van der Waals surface area (Å²) in [5.41, 5.74) is 1.41. The molecule has 1 heterocycles. The molecule has 0 saturated carbocycles. The van der Waals surface area contributed by atoms with E-state index in [9.17, 15) is 18.3 Å². The molecule has 3 N–H and O–H groups in total. The maximum Gasteiger partial charge on any atom is 0.257 e. The van der Waals surface area contributed by atoms with Crippen LogP contribution in [0.1, 0.15) is 22.3 Å². The van der Waals surface area contributed by atoms with Crippen molar-refractivity contribution in [1.82, 2.24) is 0 Å². The number of amides is 1. The van der Waals surface area contributed by atoms with Gasteiger partial charge in [0.05, 0.1) is 22.0 Å². The number of halogens is 3. The van der Waals surface area contributed by atoms with E-state index in [1.807, 2.05) is 6.92 Å². The van der Waals surface area contributed by atoms with Crippen molar-refractivity contribution in [1.29, 1.82) is 0 Å². The summed E-state index contributed by atoms with van der Waals surface area (Å²) in [6.45, 7) is 2.19. The molecule has 26 heavy (non-hydrogen) atoms. The summed E-state index contributed by atoms with van der Waals surface area (Å²) in [4.78, 5) is 12.6. The largest absolute Gasteiger partial charge is 0.322 e. The zero-order valence-corrected chi connectivity index (χ0v) is 16.1. The lowest BCUT2D eigenvalue weighted by Crippen LogP contribution is -2.23. The molecule has 1 fully saturated rings. The molecular weight excluding hydrogens is 402 g/mol. The first kappa shape index (κ1) is 19.3. The van der Waals surface area contributed by atoms with Crippen LogP contribution >= 0.6 is 34.0 Å². The molecule has 5 nitrogen and oxygen atoms in total. The molecule has 0 bridgehead atoms. The first-order chi connectivity index (χ1) is 12.2. The predicted molar refractivity (Wildman–Crippen MR) is 105 cm³/mol. The first-order valence-electron chi connectivity index (χ1n) is 7.78. The number of carbonyl (C=O) groups is 1. The summed E-state index contributed by atoms with van der Waals surface area (Å²) < 4.78 is 35.7. The maximum absolute atomic E-state index is 14.3. The Hall–Kier alpha value is -1.51. The topological polar surface area (TPSA) is 72.8 Å². The fourth-order valence-corrected chi connectivity index (χ4v) is 4.93. The van der Waals surface area contributed by atoms with Gasteiger partial charge in [-0.05, 0) is 43.2 Å². The van der Waals surface area contributed by atoms with E-state index in [-0.39, 0.29) is 22.0 Å². The van der Waals surface area contributed by atoms with Gasteiger partial charge in [-0.3, -0.25) is 18.2 Å². The van der Waals surface area contributed by atoms with Crippen molar-refractivity contribution >= 4 is 51.3 Å². The highest BCUT2D eigenvalue weighted by Gasteiger charge is 2.30. The van der Waals surface area contributed by atoms with Gasteiger partial charge >= 0.3 is 0 Å². The number of nitrogens with one attached hydrogen (secondary N) is 1. The van der Waals surface area contributed by atoms with Crippen LogP contribution in [-0.2, 0) is 0 Å². The molecule has 9 heteroatoms. The molecule has 0 radical (unpaired) electrons. The predicted octanol–water partition coefficient (Wildman–Crippen LogP) is 5.57. The number of aryl methyl sites for hydroxylation is 1. The van der Waals surface area contributed by atoms with Crippen molar-refractivity contribution in [2.45, 2.75) is 13.3 Å². The van der Waals surface area contributed by atoms with E-state index in [0.29, 0.717) is 23.7 Å². The van der Waals surface area contributed by atoms with Crippen LogP contribution in [0.15, 0.2) is 30.3 Å². The highest BCUT2D eigenvalue weighted by Crippen LogP contribution is 2.51. The zero-order chi connectivity index (χ0) is 19.1. The number of nitrogens with zero attached hydrogens (tertiary/aromatic N) is 1. The number of anilines is 2. The Morgan fingerprint density at radius 2 is 1.96 bits per heavy atom. The molecule has 0 atom stereocenters. The second-order valence-electron chi connectivity index (χ2n) is 6.05. The lowest BCUT2D eigenvalue weighted by Gasteiger charge is -2.38. The van der Waals surface area contributed by atoms with E-state index in [0.717, 1.165) is 11.6 Å². The molecule has 140 valence electrons. The van der Waals surface area contributed by atoms with E-state index in [2.05, 4.69) is 5.32 Å². The van der Waals surface area contributed by atoms with Gasteiger partial charge in [-0.25, -0.2) is 4.39 Å². The Morgan fingerprint density at radius 1 is 1.23 bits per heavy atom. The molecule has 0 unspecified atom stereocenters. The number of hydrogen-bond donors (Lipinski definition) is 3. The third kappa shape index (κ3) is 3.92. The number of carbonyl (C=O) groups excluding carboxylic acids is 1. The third-order valence-electron chi connectivity index (χ3n) is 3.98. The summed E-state index contributed by atoms with van der Waals surface area (Å²) in [5.74, 6) is -1.22. The van der Waals surface area contributed by atoms with Gasteiger partial charge in [0.15, 0.2) is 0 Å². The first-order valence-corrected chi connectivity index (χ1v) is 10.2. The molecule has 0 aliphatic carbocycles. The molecule has 1 saturated heterocycles. The van der Waals surface area contributed by atoms with Crippen molar-refractivity contribution in [3.8, 4) is 0 Å². The van der Waals surface area contributed by atoms with Gasteiger partial charge in [-0.1, -0.05) is 23.2 Å². The van der Waals surface area contributed by atoms with E-state index in [4.69, 9.17) is 23.2 Å². The summed E-state index contributed by atoms with van der Waals surface area (Å²) in [5, 5.41) is 2.76. The van der Waals surface area contributed by atoms with Crippen molar-refractivity contribution in [3.63, 3.8) is 0 Å². The average Bonchev–Trinajstić information content (AvgIpc) is 2.88. The van der Waals surface area contributed by atoms with Crippen LogP contribution in [0.25, 0.3) is 0 Å². The minimum absolute atomic E-state index is 0.0959. The van der Waals surface area contributed by atoms with Gasteiger partial charge in [-0.15, -0.1) is 10.8 Å². The summed E-state index contributed by atoms with van der Waals surface area (Å²) in [6.07, 6.45) is 0.565. The Balaban J connectivity index is 1.95. The monoisotopic (exact) mass is 418 g/mol. The second-order valence-corrected chi connectivity index (χ2v) is 8.98. The molecule has 0 aromatic heterocycles. The molecule has 2 aromatic carbocycles. The Kier molecular flexibility index (Phi) is 5.37. The Bertz CT molecular complexity index is 859. The number of rotatable bonds is 3. The van der Waals surface area contributed by atoms with Gasteiger partial charge < -0.3 is 5.32 Å². The normalized spacial score (nSPS) is 17.2. The summed E-state index contributed by atoms with van der Waals surface area (Å²) >= 11 is 11.9. The van der Waals surface area contributed by atoms with Gasteiger partial charge in [0.2, 0.25) is 0 Å². The van der Waals surface area contributed by atoms with E-state index in [1.54, 1.807) is 18.2 Å². The zero-order valence-electron chi connectivity index (χ0n) is 13.8. The van der Waals surface area contributed by atoms with Crippen LogP contribution in [0.4, 0.5) is 15.8 Å². The molecule has 1 amide bonds. The summed E-state index contributed by atoms with van der Waals surface area (Å²) in [6, 6.07) is 7.48. The fourth-order valence-electron chi connectivity index (χ4n) is 2.85. The van der Waals surface area contributed by atoms with E-state index >= 15 is 0 Å². The maximum atomic E-state index is 14.3. The van der Waals surface area contributed by atoms with Crippen LogP contribution in [0.3, 0.4) is 0 Å². The second kappa shape index (κ2) is 7.25. The van der Waals surface area contributed by atoms with E-state index < -0.39 is 22.5 Å². The minimum Gasteiger partial charge on any atom is -0.322 e. The van der Waals surface area contributed by atoms with E-state index in [1.165, 1.54) is 10.4 Å². The SMILES string of the molecule is Cc1cc(Cl)cc(NC(=O)c2cc(N3CCCS3(O)O)cc(F)c2Cl)c1. The summed E-state index contributed by atoms with van der Waals surface area (Å²) in [7, 11) is -3.01. The van der Waals surface area contributed by atoms with Gasteiger partial charge in [0.1, 0.15) is 5.82 Å². The van der Waals surface area contributed by atoms with Crippen LogP contribution < -0.4 is 9.62 Å². The lowest BCUT2D eigenvalue weighted by atomic mass is 10.1. The molecule has 3 rings (SSSR count). The molecule has 2 aromatic rings. The van der Waals surface area contributed by atoms with Crippen LogP contribution in [0.5, 0.6) is 0 Å². The van der Waals surface area contributed by atoms with Gasteiger partial charge in [0.25, 0.3) is 5.91 Å². The smallest absolute Gasteiger partial charge is 0.257 e. The highest BCUT2D eigenvalue weighted by molar-refractivity contribution is 8.25. The van der Waals surface area contributed by atoms with Gasteiger partial charge in [-0.2, -0.15) is 0 Å². The van der Waals surface area contributed by atoms with Crippen LogP contribution in [0, 0.1) is 12.7 Å². The Labute approximate surface area is 162 Å². The fraction of sp³-hybridized carbons (Fsp3) is 0.235. The van der Waals surface area contributed by atoms with Crippen LogP contribution in [0.2, 0.25) is 10.0 Å². The van der Waals surface area contributed by atoms with Gasteiger partial charge in [0, 0.05) is 23.3 Å². The minimum atomic E-state index is -3.01. The van der Waals surface area contributed by atoms with Crippen LogP contribution in [-0.4, -0.2) is 27.3 Å². The third-order valence-corrected chi connectivity index (χ3v) is 6.52. The molecule has 1 aliphatic heterocycles. The highest BCUT2D eigenvalue weighted by atomic mass is 35.5. The number of hydrogen-bond acceptors (Lipinski definition) is 4. The van der Waals surface area contributed by atoms with Crippen molar-refractivity contribution in [3.05, 3.63) is 57.3 Å². The standard InChI is InChI=1S/C17H17Cl2FN2O3S/c1-10-5-11(18)7-12(6-10)21-17(23)14-8-13(9-15(20)16(14)19)22-3-2-4-26(22,24)25/h5-9,24-25H,2-4H2,1H3,(H,21,23). The average molecular weight is 419 g/mol. The molecule has 1 aliphatic rings.